The first-order valence-electron chi connectivity index (χ1n) is 6.70. The Morgan fingerprint density at radius 2 is 1.91 bits per heavy atom. The Morgan fingerprint density at radius 3 is 2.41 bits per heavy atom. The number of carbonyl (C=O) groups excluding carboxylic acids is 2. The summed E-state index contributed by atoms with van der Waals surface area (Å²) in [6.45, 7) is 5.16. The number of amides is 1. The van der Waals surface area contributed by atoms with Crippen LogP contribution in [0.1, 0.15) is 32.8 Å². The maximum Gasteiger partial charge on any atom is 0.407 e. The van der Waals surface area contributed by atoms with Crippen LogP contribution in [0.4, 0.5) is 4.79 Å². The second-order valence-corrected chi connectivity index (χ2v) is 6.69. The molecule has 0 aliphatic carbocycles. The van der Waals surface area contributed by atoms with E-state index in [9.17, 15) is 14.7 Å². The first-order valence-corrected chi connectivity index (χ1v) is 7.45. The van der Waals surface area contributed by atoms with Crippen molar-refractivity contribution in [3.05, 3.63) is 33.8 Å². The number of nitrogens with one attached hydrogen (secondary N) is 1. The van der Waals surface area contributed by atoms with E-state index in [1.807, 2.05) is 0 Å². The van der Waals surface area contributed by atoms with Crippen LogP contribution in [0.15, 0.2) is 18.2 Å². The van der Waals surface area contributed by atoms with E-state index in [0.29, 0.717) is 10.0 Å². The fourth-order valence-corrected chi connectivity index (χ4v) is 2.12. The number of halogens is 2. The van der Waals surface area contributed by atoms with E-state index >= 15 is 0 Å². The molecule has 22 heavy (non-hydrogen) atoms. The Hall–Kier alpha value is -1.46. The number of alkyl carbamates (subject to hydrolysis) is 1. The van der Waals surface area contributed by atoms with E-state index in [2.05, 4.69) is 5.32 Å². The molecule has 0 aliphatic heterocycles. The van der Waals surface area contributed by atoms with Crippen LogP contribution in [-0.4, -0.2) is 23.7 Å². The Labute approximate surface area is 139 Å². The third-order valence-corrected chi connectivity index (χ3v) is 3.34. The number of ether oxygens (including phenoxy) is 1. The largest absolute Gasteiger partial charge is 0.550 e. The second-order valence-electron chi connectivity index (χ2n) is 5.87. The molecular formula is C15H18Cl2NO4-. The summed E-state index contributed by atoms with van der Waals surface area (Å²) in [5.74, 6) is -1.26. The van der Waals surface area contributed by atoms with Crippen LogP contribution in [0, 0.1) is 0 Å². The van der Waals surface area contributed by atoms with Gasteiger partial charge in [0.2, 0.25) is 0 Å². The van der Waals surface area contributed by atoms with E-state index in [4.69, 9.17) is 27.9 Å². The fraction of sp³-hybridized carbons (Fsp3) is 0.467. The van der Waals surface area contributed by atoms with Crippen molar-refractivity contribution in [2.75, 3.05) is 0 Å². The number of rotatable bonds is 5. The zero-order chi connectivity index (χ0) is 16.9. The van der Waals surface area contributed by atoms with Gasteiger partial charge in [0.15, 0.2) is 0 Å². The minimum absolute atomic E-state index is 0.268. The summed E-state index contributed by atoms with van der Waals surface area (Å²) in [4.78, 5) is 22.6. The van der Waals surface area contributed by atoms with Crippen LogP contribution in [0.2, 0.25) is 10.0 Å². The van der Waals surface area contributed by atoms with Gasteiger partial charge in [-0.15, -0.1) is 0 Å². The Kier molecular flexibility index (Phi) is 6.50. The van der Waals surface area contributed by atoms with Gasteiger partial charge in [0.05, 0.1) is 10.0 Å². The van der Waals surface area contributed by atoms with Gasteiger partial charge in [0, 0.05) is 18.4 Å². The molecule has 0 spiro atoms. The average Bonchev–Trinajstić information content (AvgIpc) is 2.30. The normalized spacial score (nSPS) is 12.6. The lowest BCUT2D eigenvalue weighted by Crippen LogP contribution is -2.43. The maximum atomic E-state index is 11.8. The Balaban J connectivity index is 2.77. The van der Waals surface area contributed by atoms with Gasteiger partial charge < -0.3 is 20.0 Å². The van der Waals surface area contributed by atoms with E-state index in [1.165, 1.54) is 0 Å². The zero-order valence-corrected chi connectivity index (χ0v) is 14.1. The van der Waals surface area contributed by atoms with E-state index in [1.54, 1.807) is 39.0 Å². The summed E-state index contributed by atoms with van der Waals surface area (Å²) in [5, 5.41) is 14.1. The quantitative estimate of drug-likeness (QED) is 0.888. The summed E-state index contributed by atoms with van der Waals surface area (Å²) in [7, 11) is 0. The number of carbonyl (C=O) groups is 2. The SMILES string of the molecule is CC(C)(C)OC(=O)N[C@H](CC(=O)[O-])Cc1ccc(Cl)c(Cl)c1. The van der Waals surface area contributed by atoms with E-state index in [-0.39, 0.29) is 12.8 Å². The molecule has 1 rings (SSSR count). The number of hydrogen-bond donors (Lipinski definition) is 1. The third kappa shape index (κ3) is 7.00. The molecule has 0 radical (unpaired) electrons. The zero-order valence-electron chi connectivity index (χ0n) is 12.6. The van der Waals surface area contributed by atoms with Gasteiger partial charge in [-0.05, 0) is 44.9 Å². The van der Waals surface area contributed by atoms with Gasteiger partial charge in [0.25, 0.3) is 0 Å². The van der Waals surface area contributed by atoms with E-state index in [0.717, 1.165) is 5.56 Å². The summed E-state index contributed by atoms with van der Waals surface area (Å²) in [6.07, 6.45) is -0.748. The number of aliphatic carboxylic acids is 1. The van der Waals surface area contributed by atoms with E-state index < -0.39 is 23.7 Å². The molecule has 1 aromatic rings. The number of benzene rings is 1. The minimum Gasteiger partial charge on any atom is -0.550 e. The topological polar surface area (TPSA) is 78.5 Å². The van der Waals surface area contributed by atoms with Crippen LogP contribution in [0.3, 0.4) is 0 Å². The van der Waals surface area contributed by atoms with Gasteiger partial charge >= 0.3 is 6.09 Å². The van der Waals surface area contributed by atoms with Crippen molar-refractivity contribution in [2.24, 2.45) is 0 Å². The molecular weight excluding hydrogens is 329 g/mol. The van der Waals surface area contributed by atoms with Gasteiger partial charge in [0.1, 0.15) is 5.60 Å². The fourth-order valence-electron chi connectivity index (χ4n) is 1.80. The van der Waals surface area contributed by atoms with Crippen molar-refractivity contribution < 1.29 is 19.4 Å². The Bertz CT molecular complexity index is 555. The van der Waals surface area contributed by atoms with Crippen molar-refractivity contribution in [1.82, 2.24) is 5.32 Å². The molecule has 0 fully saturated rings. The monoisotopic (exact) mass is 346 g/mol. The molecule has 0 heterocycles. The van der Waals surface area contributed by atoms with Crippen molar-refractivity contribution >= 4 is 35.3 Å². The highest BCUT2D eigenvalue weighted by Gasteiger charge is 2.20. The molecule has 0 aliphatic rings. The molecule has 1 amide bonds. The molecule has 1 aromatic carbocycles. The molecule has 0 aromatic heterocycles. The van der Waals surface area contributed by atoms with Gasteiger partial charge in [-0.3, -0.25) is 0 Å². The number of carboxylic acid groups (broad SMARTS) is 1. The van der Waals surface area contributed by atoms with Gasteiger partial charge in [-0.25, -0.2) is 4.79 Å². The van der Waals surface area contributed by atoms with Crippen molar-refractivity contribution in [1.29, 1.82) is 0 Å². The Morgan fingerprint density at radius 1 is 1.27 bits per heavy atom. The molecule has 1 N–H and O–H groups in total. The summed E-state index contributed by atoms with van der Waals surface area (Å²) in [5.41, 5.74) is 0.0800. The molecule has 0 saturated heterocycles. The van der Waals surface area contributed by atoms with Crippen LogP contribution in [0.5, 0.6) is 0 Å². The lowest BCUT2D eigenvalue weighted by Gasteiger charge is -2.24. The van der Waals surface area contributed by atoms with Crippen molar-refractivity contribution in [3.63, 3.8) is 0 Å². The lowest BCUT2D eigenvalue weighted by atomic mass is 10.0. The van der Waals surface area contributed by atoms with Crippen molar-refractivity contribution in [3.8, 4) is 0 Å². The average molecular weight is 347 g/mol. The van der Waals surface area contributed by atoms with Crippen LogP contribution in [0.25, 0.3) is 0 Å². The highest BCUT2D eigenvalue weighted by atomic mass is 35.5. The predicted octanol–water partition coefficient (Wildman–Crippen LogP) is 2.57. The van der Waals surface area contributed by atoms with Gasteiger partial charge in [-0.1, -0.05) is 29.3 Å². The summed E-state index contributed by atoms with van der Waals surface area (Å²) >= 11 is 11.8. The highest BCUT2D eigenvalue weighted by molar-refractivity contribution is 6.42. The molecule has 0 saturated carbocycles. The summed E-state index contributed by atoms with van der Waals surface area (Å²) < 4.78 is 5.12. The maximum absolute atomic E-state index is 11.8. The standard InChI is InChI=1S/C15H19Cl2NO4/c1-15(2,3)22-14(21)18-10(8-13(19)20)6-9-4-5-11(16)12(17)7-9/h4-5,7,10H,6,8H2,1-3H3,(H,18,21)(H,19,20)/p-1/t10-/m0/s1. The van der Waals surface area contributed by atoms with Crippen LogP contribution in [-0.2, 0) is 16.0 Å². The molecule has 0 bridgehead atoms. The second kappa shape index (κ2) is 7.70. The summed E-state index contributed by atoms with van der Waals surface area (Å²) in [6, 6.07) is 4.29. The molecule has 0 unspecified atom stereocenters. The van der Waals surface area contributed by atoms with Crippen LogP contribution < -0.4 is 10.4 Å². The molecule has 122 valence electrons. The first kappa shape index (κ1) is 18.6. The third-order valence-electron chi connectivity index (χ3n) is 2.60. The lowest BCUT2D eigenvalue weighted by molar-refractivity contribution is -0.306. The smallest absolute Gasteiger partial charge is 0.407 e. The molecule has 5 nitrogen and oxygen atoms in total. The highest BCUT2D eigenvalue weighted by Crippen LogP contribution is 2.23. The number of hydrogen-bond acceptors (Lipinski definition) is 4. The van der Waals surface area contributed by atoms with Crippen LogP contribution >= 0.6 is 23.2 Å². The first-order chi connectivity index (χ1) is 10.1. The molecule has 1 atom stereocenters. The number of carboxylic acids is 1. The predicted molar refractivity (Wildman–Crippen MR) is 82.9 cm³/mol. The van der Waals surface area contributed by atoms with Crippen molar-refractivity contribution in [2.45, 2.75) is 45.3 Å². The minimum atomic E-state index is -1.26. The molecule has 7 heteroatoms. The van der Waals surface area contributed by atoms with Gasteiger partial charge in [-0.2, -0.15) is 0 Å².